The average Bonchev–Trinajstić information content (AvgIpc) is 2.98. The summed E-state index contributed by atoms with van der Waals surface area (Å²) in [5.41, 5.74) is 2.22. The predicted octanol–water partition coefficient (Wildman–Crippen LogP) is 5.34. The molecule has 0 aliphatic carbocycles. The van der Waals surface area contributed by atoms with Gasteiger partial charge in [-0.15, -0.1) is 0 Å². The summed E-state index contributed by atoms with van der Waals surface area (Å²) < 4.78 is 4.86. The van der Waals surface area contributed by atoms with Gasteiger partial charge in [0.15, 0.2) is 0 Å². The standard InChI is InChI=1S/C21H34N2O2/c1-3-4-5-6-7-8-9-10-11-16-20-22-18-14-12-13-15-19(18)23(20)17-21(24)25-2/h12-15,20,22H,3-11,16-17H2,1-2H3. The summed E-state index contributed by atoms with van der Waals surface area (Å²) >= 11 is 0. The third-order valence-corrected chi connectivity index (χ3v) is 5.02. The first-order valence-electron chi connectivity index (χ1n) is 9.95. The van der Waals surface area contributed by atoms with E-state index >= 15 is 0 Å². The molecule has 0 bridgehead atoms. The van der Waals surface area contributed by atoms with Crippen molar-refractivity contribution in [3.63, 3.8) is 0 Å². The summed E-state index contributed by atoms with van der Waals surface area (Å²) in [6.45, 7) is 2.57. The molecule has 0 saturated carbocycles. The molecule has 0 spiro atoms. The normalized spacial score (nSPS) is 15.8. The first kappa shape index (κ1) is 19.6. The van der Waals surface area contributed by atoms with Crippen LogP contribution in [0.3, 0.4) is 0 Å². The minimum absolute atomic E-state index is 0.185. The first-order chi connectivity index (χ1) is 12.3. The third kappa shape index (κ3) is 6.26. The first-order valence-corrected chi connectivity index (χ1v) is 9.95. The van der Waals surface area contributed by atoms with E-state index in [1.165, 1.54) is 64.9 Å². The zero-order chi connectivity index (χ0) is 17.9. The maximum absolute atomic E-state index is 11.8. The highest BCUT2D eigenvalue weighted by atomic mass is 16.5. The van der Waals surface area contributed by atoms with Crippen LogP contribution in [-0.2, 0) is 9.53 Å². The predicted molar refractivity (Wildman–Crippen MR) is 105 cm³/mol. The maximum Gasteiger partial charge on any atom is 0.325 e. The second-order valence-electron chi connectivity index (χ2n) is 7.00. The summed E-state index contributed by atoms with van der Waals surface area (Å²) in [5, 5.41) is 3.56. The molecule has 1 heterocycles. The lowest BCUT2D eigenvalue weighted by atomic mass is 10.1. The molecule has 1 unspecified atom stereocenters. The van der Waals surface area contributed by atoms with Gasteiger partial charge in [0.25, 0.3) is 0 Å². The summed E-state index contributed by atoms with van der Waals surface area (Å²) in [4.78, 5) is 13.9. The molecule has 1 aromatic carbocycles. The lowest BCUT2D eigenvalue weighted by Crippen LogP contribution is -2.39. The van der Waals surface area contributed by atoms with Crippen LogP contribution < -0.4 is 10.2 Å². The van der Waals surface area contributed by atoms with Gasteiger partial charge in [-0.2, -0.15) is 0 Å². The average molecular weight is 347 g/mol. The van der Waals surface area contributed by atoms with Crippen molar-refractivity contribution >= 4 is 17.3 Å². The molecule has 0 fully saturated rings. The number of fused-ring (bicyclic) bond motifs is 1. The van der Waals surface area contributed by atoms with E-state index in [0.29, 0.717) is 6.54 Å². The zero-order valence-electron chi connectivity index (χ0n) is 15.9. The highest BCUT2D eigenvalue weighted by molar-refractivity contribution is 5.83. The lowest BCUT2D eigenvalue weighted by Gasteiger charge is -2.25. The number of esters is 1. The molecule has 0 saturated heterocycles. The number of carbonyl (C=O) groups excluding carboxylic acids is 1. The van der Waals surface area contributed by atoms with Crippen LogP contribution in [-0.4, -0.2) is 25.8 Å². The lowest BCUT2D eigenvalue weighted by molar-refractivity contribution is -0.139. The molecule has 25 heavy (non-hydrogen) atoms. The zero-order valence-corrected chi connectivity index (χ0v) is 15.9. The number of para-hydroxylation sites is 2. The second kappa shape index (κ2) is 11.0. The summed E-state index contributed by atoms with van der Waals surface area (Å²) in [6.07, 6.45) is 13.2. The Bertz CT molecular complexity index is 518. The molecule has 1 N–H and O–H groups in total. The molecule has 1 aromatic rings. The van der Waals surface area contributed by atoms with Crippen LogP contribution in [0.5, 0.6) is 0 Å². The van der Waals surface area contributed by atoms with Crippen LogP contribution in [0.25, 0.3) is 0 Å². The smallest absolute Gasteiger partial charge is 0.325 e. The van der Waals surface area contributed by atoms with Crippen molar-refractivity contribution in [1.29, 1.82) is 0 Å². The fourth-order valence-corrected chi connectivity index (χ4v) is 3.55. The molecule has 0 aromatic heterocycles. The molecule has 140 valence electrons. The molecule has 4 heteroatoms. The van der Waals surface area contributed by atoms with Gasteiger partial charge >= 0.3 is 5.97 Å². The minimum Gasteiger partial charge on any atom is -0.468 e. The van der Waals surface area contributed by atoms with Gasteiger partial charge in [-0.3, -0.25) is 4.79 Å². The van der Waals surface area contributed by atoms with Crippen molar-refractivity contribution in [2.45, 2.75) is 77.3 Å². The number of carbonyl (C=O) groups is 1. The molecule has 1 atom stereocenters. The van der Waals surface area contributed by atoms with Gasteiger partial charge in [-0.25, -0.2) is 0 Å². The summed E-state index contributed by atoms with van der Waals surface area (Å²) in [5.74, 6) is -0.185. The van der Waals surface area contributed by atoms with E-state index in [1.54, 1.807) is 0 Å². The van der Waals surface area contributed by atoms with Gasteiger partial charge < -0.3 is 15.0 Å². The Kier molecular flexibility index (Phi) is 8.64. The van der Waals surface area contributed by atoms with Crippen molar-refractivity contribution < 1.29 is 9.53 Å². The topological polar surface area (TPSA) is 41.6 Å². The van der Waals surface area contributed by atoms with E-state index < -0.39 is 0 Å². The monoisotopic (exact) mass is 346 g/mol. The van der Waals surface area contributed by atoms with E-state index in [-0.39, 0.29) is 12.1 Å². The Balaban J connectivity index is 1.70. The molecule has 0 amide bonds. The number of unbranched alkanes of at least 4 members (excludes halogenated alkanes) is 8. The Morgan fingerprint density at radius 1 is 1.04 bits per heavy atom. The molecule has 1 aliphatic rings. The number of ether oxygens (including phenoxy) is 1. The Morgan fingerprint density at radius 3 is 2.36 bits per heavy atom. The molecular weight excluding hydrogens is 312 g/mol. The van der Waals surface area contributed by atoms with Gasteiger partial charge in [0, 0.05) is 0 Å². The fraction of sp³-hybridized carbons (Fsp3) is 0.667. The van der Waals surface area contributed by atoms with Gasteiger partial charge in [0.1, 0.15) is 6.54 Å². The van der Waals surface area contributed by atoms with Crippen molar-refractivity contribution in [3.05, 3.63) is 24.3 Å². The minimum atomic E-state index is -0.185. The summed E-state index contributed by atoms with van der Waals surface area (Å²) in [7, 11) is 1.45. The van der Waals surface area contributed by atoms with Gasteiger partial charge in [-0.1, -0.05) is 70.4 Å². The number of methoxy groups -OCH3 is 1. The van der Waals surface area contributed by atoms with E-state index in [9.17, 15) is 4.79 Å². The van der Waals surface area contributed by atoms with Gasteiger partial charge in [0.05, 0.1) is 24.7 Å². The van der Waals surface area contributed by atoms with E-state index in [1.807, 2.05) is 12.1 Å². The number of hydrogen-bond acceptors (Lipinski definition) is 4. The van der Waals surface area contributed by atoms with Crippen LogP contribution in [0, 0.1) is 0 Å². The quantitative estimate of drug-likeness (QED) is 0.410. The highest BCUT2D eigenvalue weighted by Gasteiger charge is 2.29. The SMILES string of the molecule is CCCCCCCCCCCC1Nc2ccccc2N1CC(=O)OC. The Hall–Kier alpha value is -1.71. The number of hydrogen-bond donors (Lipinski definition) is 1. The van der Waals surface area contributed by atoms with Crippen molar-refractivity contribution in [2.75, 3.05) is 23.9 Å². The van der Waals surface area contributed by atoms with Crippen molar-refractivity contribution in [1.82, 2.24) is 0 Å². The molecular formula is C21H34N2O2. The fourth-order valence-electron chi connectivity index (χ4n) is 3.55. The van der Waals surface area contributed by atoms with Crippen LogP contribution in [0.2, 0.25) is 0 Å². The summed E-state index contributed by atoms with van der Waals surface area (Å²) in [6, 6.07) is 8.20. The largest absolute Gasteiger partial charge is 0.468 e. The Labute approximate surface area is 152 Å². The van der Waals surface area contributed by atoms with Crippen LogP contribution in [0.4, 0.5) is 11.4 Å². The molecule has 2 rings (SSSR count). The number of anilines is 2. The van der Waals surface area contributed by atoms with Gasteiger partial charge in [-0.05, 0) is 25.0 Å². The van der Waals surface area contributed by atoms with Crippen molar-refractivity contribution in [2.24, 2.45) is 0 Å². The highest BCUT2D eigenvalue weighted by Crippen LogP contribution is 2.35. The maximum atomic E-state index is 11.8. The molecule has 4 nitrogen and oxygen atoms in total. The van der Waals surface area contributed by atoms with Crippen LogP contribution >= 0.6 is 0 Å². The van der Waals surface area contributed by atoms with Crippen LogP contribution in [0.15, 0.2) is 24.3 Å². The van der Waals surface area contributed by atoms with E-state index in [2.05, 4.69) is 29.3 Å². The molecule has 0 radical (unpaired) electrons. The third-order valence-electron chi connectivity index (χ3n) is 5.02. The number of nitrogens with one attached hydrogen (secondary N) is 1. The second-order valence-corrected chi connectivity index (χ2v) is 7.00. The van der Waals surface area contributed by atoms with E-state index in [4.69, 9.17) is 4.74 Å². The van der Waals surface area contributed by atoms with Crippen LogP contribution in [0.1, 0.15) is 71.1 Å². The number of benzene rings is 1. The number of nitrogens with zero attached hydrogens (tertiary/aromatic N) is 1. The van der Waals surface area contributed by atoms with Crippen molar-refractivity contribution in [3.8, 4) is 0 Å². The Morgan fingerprint density at radius 2 is 1.68 bits per heavy atom. The van der Waals surface area contributed by atoms with E-state index in [0.717, 1.165) is 17.8 Å². The molecule has 1 aliphatic heterocycles. The van der Waals surface area contributed by atoms with Gasteiger partial charge in [0.2, 0.25) is 0 Å². The number of rotatable bonds is 12.